The second kappa shape index (κ2) is 5.77. The SMILES string of the molecule is NC(Cc1ccc(F)cc1)c1c(F)c(F)c(F)c(F)c1F. The van der Waals surface area contributed by atoms with Gasteiger partial charge in [-0.25, -0.2) is 26.3 Å². The zero-order valence-corrected chi connectivity index (χ0v) is 10.4. The van der Waals surface area contributed by atoms with Crippen LogP contribution in [0.4, 0.5) is 26.3 Å². The maximum Gasteiger partial charge on any atom is 0.200 e. The van der Waals surface area contributed by atoms with Crippen LogP contribution in [0.3, 0.4) is 0 Å². The average molecular weight is 305 g/mol. The molecule has 0 saturated carbocycles. The lowest BCUT2D eigenvalue weighted by Gasteiger charge is -2.15. The van der Waals surface area contributed by atoms with Gasteiger partial charge in [0.15, 0.2) is 23.3 Å². The molecular formula is C14H9F6N. The fraction of sp³-hybridized carbons (Fsp3) is 0.143. The van der Waals surface area contributed by atoms with Crippen molar-refractivity contribution in [3.8, 4) is 0 Å². The maximum absolute atomic E-state index is 13.6. The summed E-state index contributed by atoms with van der Waals surface area (Å²) in [6.07, 6.45) is -0.210. The van der Waals surface area contributed by atoms with Crippen molar-refractivity contribution in [3.05, 3.63) is 70.3 Å². The zero-order chi connectivity index (χ0) is 15.7. The van der Waals surface area contributed by atoms with Crippen LogP contribution in [0.2, 0.25) is 0 Å². The van der Waals surface area contributed by atoms with Gasteiger partial charge in [0.2, 0.25) is 5.82 Å². The molecule has 0 heterocycles. The second-order valence-corrected chi connectivity index (χ2v) is 4.42. The molecule has 0 fully saturated rings. The van der Waals surface area contributed by atoms with Crippen molar-refractivity contribution in [2.75, 3.05) is 0 Å². The molecule has 0 aliphatic rings. The second-order valence-electron chi connectivity index (χ2n) is 4.42. The number of hydrogen-bond donors (Lipinski definition) is 1. The van der Waals surface area contributed by atoms with E-state index in [1.165, 1.54) is 12.1 Å². The predicted molar refractivity (Wildman–Crippen MR) is 63.3 cm³/mol. The summed E-state index contributed by atoms with van der Waals surface area (Å²) in [5.41, 5.74) is 4.83. The van der Waals surface area contributed by atoms with Crippen LogP contribution in [0.1, 0.15) is 17.2 Å². The van der Waals surface area contributed by atoms with Crippen LogP contribution >= 0.6 is 0 Å². The summed E-state index contributed by atoms with van der Waals surface area (Å²) in [5.74, 6) is -10.8. The Morgan fingerprint density at radius 1 is 0.714 bits per heavy atom. The standard InChI is InChI=1S/C14H9F6N/c15-7-3-1-6(2-4-7)5-8(21)9-10(16)12(18)14(20)13(19)11(9)17/h1-4,8H,5,21H2. The Hall–Kier alpha value is -2.02. The first kappa shape index (κ1) is 15.4. The normalized spacial score (nSPS) is 12.5. The summed E-state index contributed by atoms with van der Waals surface area (Å²) in [5, 5.41) is 0. The molecule has 0 radical (unpaired) electrons. The molecule has 0 aromatic heterocycles. The van der Waals surface area contributed by atoms with Crippen LogP contribution < -0.4 is 5.73 Å². The third-order valence-electron chi connectivity index (χ3n) is 2.98. The Bertz CT molecular complexity index is 639. The molecule has 21 heavy (non-hydrogen) atoms. The largest absolute Gasteiger partial charge is 0.323 e. The van der Waals surface area contributed by atoms with E-state index < -0.39 is 46.5 Å². The first-order valence-electron chi connectivity index (χ1n) is 5.84. The molecule has 0 amide bonds. The number of halogens is 6. The number of nitrogens with two attached hydrogens (primary N) is 1. The minimum Gasteiger partial charge on any atom is -0.323 e. The quantitative estimate of drug-likeness (QED) is 0.521. The highest BCUT2D eigenvalue weighted by Gasteiger charge is 2.28. The van der Waals surface area contributed by atoms with Crippen LogP contribution in [0.25, 0.3) is 0 Å². The summed E-state index contributed by atoms with van der Waals surface area (Å²) in [7, 11) is 0. The molecule has 0 aliphatic carbocycles. The van der Waals surface area contributed by atoms with Crippen molar-refractivity contribution >= 4 is 0 Å². The highest BCUT2D eigenvalue weighted by Crippen LogP contribution is 2.28. The molecule has 2 rings (SSSR count). The van der Waals surface area contributed by atoms with Crippen molar-refractivity contribution in [3.63, 3.8) is 0 Å². The van der Waals surface area contributed by atoms with Gasteiger partial charge in [0, 0.05) is 11.6 Å². The summed E-state index contributed by atoms with van der Waals surface area (Å²) >= 11 is 0. The monoisotopic (exact) mass is 305 g/mol. The fourth-order valence-corrected chi connectivity index (χ4v) is 1.92. The lowest BCUT2D eigenvalue weighted by Crippen LogP contribution is -2.20. The molecule has 2 aromatic carbocycles. The Labute approximate surface area is 116 Å². The van der Waals surface area contributed by atoms with Gasteiger partial charge in [-0.15, -0.1) is 0 Å². The Balaban J connectivity index is 2.39. The van der Waals surface area contributed by atoms with E-state index in [4.69, 9.17) is 5.73 Å². The van der Waals surface area contributed by atoms with E-state index in [0.717, 1.165) is 12.1 Å². The molecule has 2 N–H and O–H groups in total. The van der Waals surface area contributed by atoms with Gasteiger partial charge in [-0.3, -0.25) is 0 Å². The van der Waals surface area contributed by atoms with Crippen molar-refractivity contribution in [2.45, 2.75) is 12.5 Å². The Kier molecular flexibility index (Phi) is 4.22. The van der Waals surface area contributed by atoms with Crippen LogP contribution in [0, 0.1) is 34.9 Å². The van der Waals surface area contributed by atoms with Gasteiger partial charge in [-0.2, -0.15) is 0 Å². The predicted octanol–water partition coefficient (Wildman–Crippen LogP) is 3.76. The maximum atomic E-state index is 13.6. The van der Waals surface area contributed by atoms with E-state index in [1.54, 1.807) is 0 Å². The third-order valence-corrected chi connectivity index (χ3v) is 2.98. The first-order chi connectivity index (χ1) is 9.82. The van der Waals surface area contributed by atoms with E-state index in [2.05, 4.69) is 0 Å². The lowest BCUT2D eigenvalue weighted by molar-refractivity contribution is 0.363. The van der Waals surface area contributed by atoms with Crippen LogP contribution in [0.5, 0.6) is 0 Å². The van der Waals surface area contributed by atoms with Gasteiger partial charge in [-0.05, 0) is 24.1 Å². The molecule has 0 spiro atoms. The minimum atomic E-state index is -2.23. The van der Waals surface area contributed by atoms with E-state index in [-0.39, 0.29) is 6.42 Å². The molecule has 2 aromatic rings. The molecule has 112 valence electrons. The molecule has 1 nitrogen and oxygen atoms in total. The van der Waals surface area contributed by atoms with Crippen LogP contribution in [-0.4, -0.2) is 0 Å². The van der Waals surface area contributed by atoms with Crippen LogP contribution in [0.15, 0.2) is 24.3 Å². The van der Waals surface area contributed by atoms with Gasteiger partial charge in [0.05, 0.1) is 0 Å². The van der Waals surface area contributed by atoms with Crippen molar-refractivity contribution < 1.29 is 26.3 Å². The molecule has 1 atom stereocenters. The highest BCUT2D eigenvalue weighted by atomic mass is 19.2. The first-order valence-corrected chi connectivity index (χ1v) is 5.84. The topological polar surface area (TPSA) is 26.0 Å². The van der Waals surface area contributed by atoms with E-state index in [1.807, 2.05) is 0 Å². The van der Waals surface area contributed by atoms with Gasteiger partial charge >= 0.3 is 0 Å². The van der Waals surface area contributed by atoms with Gasteiger partial charge in [-0.1, -0.05) is 12.1 Å². The number of benzene rings is 2. The molecule has 1 unspecified atom stereocenters. The smallest absolute Gasteiger partial charge is 0.200 e. The molecular weight excluding hydrogens is 296 g/mol. The van der Waals surface area contributed by atoms with E-state index in [9.17, 15) is 26.3 Å². The summed E-state index contributed by atoms with van der Waals surface area (Å²) < 4.78 is 79.0. The highest BCUT2D eigenvalue weighted by molar-refractivity contribution is 5.29. The van der Waals surface area contributed by atoms with Crippen molar-refractivity contribution in [2.24, 2.45) is 5.73 Å². The molecule has 0 saturated heterocycles. The number of hydrogen-bond acceptors (Lipinski definition) is 1. The minimum absolute atomic E-state index is 0.210. The van der Waals surface area contributed by atoms with Gasteiger partial charge in [0.25, 0.3) is 0 Å². The molecule has 0 aliphatic heterocycles. The number of rotatable bonds is 3. The van der Waals surface area contributed by atoms with Crippen molar-refractivity contribution in [1.82, 2.24) is 0 Å². The average Bonchev–Trinajstić information content (AvgIpc) is 2.46. The Morgan fingerprint density at radius 2 is 1.14 bits per heavy atom. The van der Waals surface area contributed by atoms with Gasteiger partial charge < -0.3 is 5.73 Å². The summed E-state index contributed by atoms with van der Waals surface area (Å²) in [4.78, 5) is 0. The van der Waals surface area contributed by atoms with Crippen molar-refractivity contribution in [1.29, 1.82) is 0 Å². The summed E-state index contributed by atoms with van der Waals surface area (Å²) in [6.45, 7) is 0. The summed E-state index contributed by atoms with van der Waals surface area (Å²) in [6, 6.07) is 3.35. The van der Waals surface area contributed by atoms with Crippen LogP contribution in [-0.2, 0) is 6.42 Å². The molecule has 0 bridgehead atoms. The fourth-order valence-electron chi connectivity index (χ4n) is 1.92. The zero-order valence-electron chi connectivity index (χ0n) is 10.4. The van der Waals surface area contributed by atoms with E-state index in [0.29, 0.717) is 5.56 Å². The van der Waals surface area contributed by atoms with Gasteiger partial charge in [0.1, 0.15) is 5.82 Å². The Morgan fingerprint density at radius 3 is 1.62 bits per heavy atom. The molecule has 7 heteroatoms. The van der Waals surface area contributed by atoms with E-state index >= 15 is 0 Å². The lowest BCUT2D eigenvalue weighted by atomic mass is 9.98. The third kappa shape index (κ3) is 2.87.